The molecular formula is C14H19NO5S. The number of carboxylic acid groups (broad SMARTS) is 1. The maximum atomic E-state index is 12.6. The monoisotopic (exact) mass is 313 g/mol. The second-order valence-electron chi connectivity index (χ2n) is 5.05. The van der Waals surface area contributed by atoms with E-state index in [0.717, 1.165) is 12.8 Å². The van der Waals surface area contributed by atoms with Crippen LogP contribution in [0.4, 0.5) is 0 Å². The third-order valence-corrected chi connectivity index (χ3v) is 5.32. The third-order valence-electron chi connectivity index (χ3n) is 3.36. The van der Waals surface area contributed by atoms with Crippen LogP contribution in [0.1, 0.15) is 18.4 Å². The van der Waals surface area contributed by atoms with E-state index in [1.165, 1.54) is 16.4 Å². The lowest BCUT2D eigenvalue weighted by molar-refractivity contribution is -0.136. The van der Waals surface area contributed by atoms with Crippen LogP contribution in [-0.4, -0.2) is 50.1 Å². The van der Waals surface area contributed by atoms with Crippen LogP contribution in [0.2, 0.25) is 0 Å². The van der Waals surface area contributed by atoms with Gasteiger partial charge in [0.05, 0.1) is 17.9 Å². The van der Waals surface area contributed by atoms with Crippen LogP contribution in [0.3, 0.4) is 0 Å². The van der Waals surface area contributed by atoms with Crippen LogP contribution >= 0.6 is 0 Å². The highest BCUT2D eigenvalue weighted by Crippen LogP contribution is 2.31. The molecule has 1 fully saturated rings. The van der Waals surface area contributed by atoms with Gasteiger partial charge in [0.2, 0.25) is 10.0 Å². The number of aliphatic carboxylic acids is 1. The molecular weight excluding hydrogens is 294 g/mol. The first-order valence-corrected chi connectivity index (χ1v) is 8.20. The van der Waals surface area contributed by atoms with Gasteiger partial charge in [0.1, 0.15) is 0 Å². The Bertz CT molecular complexity index is 592. The fraction of sp³-hybridized carbons (Fsp3) is 0.500. The normalized spacial score (nSPS) is 15.3. The first kappa shape index (κ1) is 15.9. The highest BCUT2D eigenvalue weighted by atomic mass is 32.2. The van der Waals surface area contributed by atoms with Crippen molar-refractivity contribution in [1.82, 2.24) is 4.31 Å². The molecule has 0 unspecified atom stereocenters. The van der Waals surface area contributed by atoms with Crippen LogP contribution in [0.15, 0.2) is 29.2 Å². The minimum atomic E-state index is -3.55. The quantitative estimate of drug-likeness (QED) is 0.777. The van der Waals surface area contributed by atoms with E-state index in [0.29, 0.717) is 18.7 Å². The van der Waals surface area contributed by atoms with Crippen molar-refractivity contribution in [1.29, 1.82) is 0 Å². The predicted molar refractivity (Wildman–Crippen MR) is 76.6 cm³/mol. The van der Waals surface area contributed by atoms with Gasteiger partial charge < -0.3 is 9.84 Å². The van der Waals surface area contributed by atoms with Gasteiger partial charge in [-0.25, -0.2) is 8.42 Å². The molecule has 116 valence electrons. The summed E-state index contributed by atoms with van der Waals surface area (Å²) in [6.07, 6.45) is 1.64. The van der Waals surface area contributed by atoms with Gasteiger partial charge in [-0.1, -0.05) is 12.1 Å². The SMILES string of the molecule is COCCN(C1CC1)S(=O)(=O)c1ccc(CC(=O)O)cc1. The molecule has 1 aromatic rings. The maximum Gasteiger partial charge on any atom is 0.307 e. The average molecular weight is 313 g/mol. The summed E-state index contributed by atoms with van der Waals surface area (Å²) in [5.41, 5.74) is 0.580. The molecule has 0 atom stereocenters. The summed E-state index contributed by atoms with van der Waals surface area (Å²) in [5.74, 6) is -0.940. The minimum absolute atomic E-state index is 0.0591. The molecule has 0 aliphatic heterocycles. The molecule has 0 spiro atoms. The number of methoxy groups -OCH3 is 1. The van der Waals surface area contributed by atoms with Crippen molar-refractivity contribution in [2.45, 2.75) is 30.2 Å². The van der Waals surface area contributed by atoms with E-state index in [-0.39, 0.29) is 17.4 Å². The zero-order valence-corrected chi connectivity index (χ0v) is 12.7. The maximum absolute atomic E-state index is 12.6. The molecule has 1 aliphatic carbocycles. The molecule has 0 radical (unpaired) electrons. The molecule has 0 heterocycles. The first-order valence-electron chi connectivity index (χ1n) is 6.76. The number of hydrogen-bond acceptors (Lipinski definition) is 4. The van der Waals surface area contributed by atoms with Crippen LogP contribution in [0, 0.1) is 0 Å². The summed E-state index contributed by atoms with van der Waals surface area (Å²) in [4.78, 5) is 10.8. The molecule has 2 rings (SSSR count). The molecule has 0 saturated heterocycles. The summed E-state index contributed by atoms with van der Waals surface area (Å²) < 4.78 is 31.7. The zero-order chi connectivity index (χ0) is 15.5. The van der Waals surface area contributed by atoms with Crippen molar-refractivity contribution in [3.63, 3.8) is 0 Å². The van der Waals surface area contributed by atoms with Crippen molar-refractivity contribution in [2.24, 2.45) is 0 Å². The van der Waals surface area contributed by atoms with E-state index < -0.39 is 16.0 Å². The summed E-state index contributed by atoms with van der Waals surface area (Å²) in [6.45, 7) is 0.688. The predicted octanol–water partition coefficient (Wildman–Crippen LogP) is 1.11. The summed E-state index contributed by atoms with van der Waals surface area (Å²) >= 11 is 0. The number of nitrogens with zero attached hydrogens (tertiary/aromatic N) is 1. The van der Waals surface area contributed by atoms with Crippen molar-refractivity contribution in [3.8, 4) is 0 Å². The average Bonchev–Trinajstić information content (AvgIpc) is 3.23. The Kier molecular flexibility index (Phi) is 4.97. The number of hydrogen-bond donors (Lipinski definition) is 1. The van der Waals surface area contributed by atoms with Gasteiger partial charge in [-0.2, -0.15) is 4.31 Å². The second-order valence-corrected chi connectivity index (χ2v) is 6.94. The van der Waals surface area contributed by atoms with Crippen molar-refractivity contribution in [3.05, 3.63) is 29.8 Å². The van der Waals surface area contributed by atoms with Gasteiger partial charge in [0.15, 0.2) is 0 Å². The number of rotatable bonds is 8. The van der Waals surface area contributed by atoms with E-state index >= 15 is 0 Å². The summed E-state index contributed by atoms with van der Waals surface area (Å²) in [6, 6.07) is 6.08. The fourth-order valence-electron chi connectivity index (χ4n) is 2.13. The Morgan fingerprint density at radius 2 is 1.95 bits per heavy atom. The molecule has 1 N–H and O–H groups in total. The number of sulfonamides is 1. The molecule has 0 aromatic heterocycles. The Morgan fingerprint density at radius 3 is 2.43 bits per heavy atom. The van der Waals surface area contributed by atoms with Crippen molar-refractivity contribution >= 4 is 16.0 Å². The molecule has 21 heavy (non-hydrogen) atoms. The lowest BCUT2D eigenvalue weighted by Crippen LogP contribution is -2.35. The van der Waals surface area contributed by atoms with Crippen LogP contribution in [0.5, 0.6) is 0 Å². The summed E-state index contributed by atoms with van der Waals surface area (Å²) in [5, 5.41) is 8.72. The van der Waals surface area contributed by atoms with Crippen molar-refractivity contribution in [2.75, 3.05) is 20.3 Å². The molecule has 1 saturated carbocycles. The number of carbonyl (C=O) groups is 1. The van der Waals surface area contributed by atoms with Crippen LogP contribution < -0.4 is 0 Å². The van der Waals surface area contributed by atoms with Gasteiger partial charge in [-0.15, -0.1) is 0 Å². The largest absolute Gasteiger partial charge is 0.481 e. The number of benzene rings is 1. The fourth-order valence-corrected chi connectivity index (χ4v) is 3.80. The number of ether oxygens (including phenoxy) is 1. The van der Waals surface area contributed by atoms with Gasteiger partial charge >= 0.3 is 5.97 Å². The first-order chi connectivity index (χ1) is 9.95. The number of carboxylic acids is 1. The third kappa shape index (κ3) is 4.03. The van der Waals surface area contributed by atoms with Gasteiger partial charge in [-0.3, -0.25) is 4.79 Å². The Morgan fingerprint density at radius 1 is 1.33 bits per heavy atom. The molecule has 1 aromatic carbocycles. The van der Waals surface area contributed by atoms with E-state index in [2.05, 4.69) is 0 Å². The molecule has 7 heteroatoms. The van der Waals surface area contributed by atoms with Gasteiger partial charge in [0, 0.05) is 19.7 Å². The van der Waals surface area contributed by atoms with Crippen LogP contribution in [-0.2, 0) is 26.0 Å². The Hall–Kier alpha value is -1.44. The molecule has 6 nitrogen and oxygen atoms in total. The van der Waals surface area contributed by atoms with E-state index in [9.17, 15) is 13.2 Å². The van der Waals surface area contributed by atoms with Gasteiger partial charge in [-0.05, 0) is 30.5 Å². The standard InChI is InChI=1S/C14H19NO5S/c1-20-9-8-15(12-4-5-12)21(18,19)13-6-2-11(3-7-13)10-14(16)17/h2-3,6-7,12H,4-5,8-10H2,1H3,(H,16,17). The van der Waals surface area contributed by atoms with E-state index in [1.807, 2.05) is 0 Å². The smallest absolute Gasteiger partial charge is 0.307 e. The highest BCUT2D eigenvalue weighted by Gasteiger charge is 2.37. The zero-order valence-electron chi connectivity index (χ0n) is 11.9. The van der Waals surface area contributed by atoms with E-state index in [4.69, 9.17) is 9.84 Å². The topological polar surface area (TPSA) is 83.9 Å². The lowest BCUT2D eigenvalue weighted by Gasteiger charge is -2.21. The highest BCUT2D eigenvalue weighted by molar-refractivity contribution is 7.89. The molecule has 0 amide bonds. The Balaban J connectivity index is 2.18. The van der Waals surface area contributed by atoms with Crippen molar-refractivity contribution < 1.29 is 23.1 Å². The van der Waals surface area contributed by atoms with Gasteiger partial charge in [0.25, 0.3) is 0 Å². The van der Waals surface area contributed by atoms with E-state index in [1.54, 1.807) is 19.2 Å². The lowest BCUT2D eigenvalue weighted by atomic mass is 10.2. The Labute approximate surface area is 124 Å². The molecule has 0 bridgehead atoms. The second kappa shape index (κ2) is 6.55. The van der Waals surface area contributed by atoms with Crippen LogP contribution in [0.25, 0.3) is 0 Å². The molecule has 1 aliphatic rings. The minimum Gasteiger partial charge on any atom is -0.481 e. The summed E-state index contributed by atoms with van der Waals surface area (Å²) in [7, 11) is -2.01.